The van der Waals surface area contributed by atoms with Crippen LogP contribution in [0.4, 0.5) is 5.69 Å². The summed E-state index contributed by atoms with van der Waals surface area (Å²) >= 11 is 6.11. The maximum absolute atomic E-state index is 14.2. The zero-order valence-corrected chi connectivity index (χ0v) is 39.6. The molecule has 0 aliphatic carbocycles. The molecule has 1 aliphatic heterocycles. The second-order valence-corrected chi connectivity index (χ2v) is 18.4. The molecule has 0 aromatic heterocycles. The molecule has 0 bridgehead atoms. The van der Waals surface area contributed by atoms with Crippen molar-refractivity contribution in [2.24, 2.45) is 5.92 Å². The first kappa shape index (κ1) is 51.4. The third-order valence-electron chi connectivity index (χ3n) is 11.0. The molecule has 3 rings (SSSR count). The van der Waals surface area contributed by atoms with Crippen LogP contribution in [0.25, 0.3) is 0 Å². The molecule has 0 saturated heterocycles. The van der Waals surface area contributed by atoms with Gasteiger partial charge in [-0.15, -0.1) is 13.2 Å². The van der Waals surface area contributed by atoms with Crippen LogP contribution in [-0.4, -0.2) is 92.8 Å². The highest BCUT2D eigenvalue weighted by molar-refractivity contribution is 7.75. The largest absolute Gasteiger partial charge is 0.487 e. The predicted molar refractivity (Wildman–Crippen MR) is 247 cm³/mol. The third-order valence-corrected chi connectivity index (χ3v) is 12.0. The smallest absolute Gasteiger partial charge is 0.249 e. The fourth-order valence-corrected chi connectivity index (χ4v) is 8.13. The van der Waals surface area contributed by atoms with E-state index in [9.17, 15) is 27.6 Å². The van der Waals surface area contributed by atoms with Crippen molar-refractivity contribution in [3.63, 3.8) is 0 Å². The maximum Gasteiger partial charge on any atom is 0.249 e. The Balaban J connectivity index is 1.87. The number of benzene rings is 2. The number of anilines is 1. The van der Waals surface area contributed by atoms with Crippen molar-refractivity contribution in [3.05, 3.63) is 82.4 Å². The van der Waals surface area contributed by atoms with Crippen LogP contribution < -0.4 is 35.6 Å². The van der Waals surface area contributed by atoms with Gasteiger partial charge in [-0.2, -0.15) is 0 Å². The van der Waals surface area contributed by atoms with Gasteiger partial charge in [-0.05, 0) is 114 Å². The predicted octanol–water partition coefficient (Wildman–Crippen LogP) is 5.08. The Labute approximate surface area is 374 Å². The molecule has 0 fully saturated rings. The number of halogens is 1. The number of ether oxygens (including phenoxy) is 1. The molecule has 1 aliphatic rings. The number of carbonyl (C=O) groups is 4. The highest BCUT2D eigenvalue weighted by Gasteiger charge is 2.38. The molecule has 15 nitrogen and oxygen atoms in total. The van der Waals surface area contributed by atoms with E-state index in [2.05, 4.69) is 39.7 Å². The molecule has 6 N–H and O–H groups in total. The molecule has 342 valence electrons. The Morgan fingerprint density at radius 2 is 1.61 bits per heavy atom. The molecule has 2 aromatic carbocycles. The fourth-order valence-electron chi connectivity index (χ4n) is 7.30. The Kier molecular flexibility index (Phi) is 18.6. The highest BCUT2D eigenvalue weighted by atomic mass is 35.5. The Morgan fingerprint density at radius 3 is 2.18 bits per heavy atom. The van der Waals surface area contributed by atoms with Crippen molar-refractivity contribution in [2.75, 3.05) is 31.0 Å². The summed E-state index contributed by atoms with van der Waals surface area (Å²) in [7, 11) is -1.70. The summed E-state index contributed by atoms with van der Waals surface area (Å²) < 4.78 is 32.8. The van der Waals surface area contributed by atoms with Gasteiger partial charge in [0.05, 0.1) is 11.2 Å². The molecular weight excluding hydrogens is 832 g/mol. The summed E-state index contributed by atoms with van der Waals surface area (Å²) in [5.74, 6) is -1.56. The minimum atomic E-state index is -3.29. The lowest BCUT2D eigenvalue weighted by Crippen LogP contribution is -2.61. The van der Waals surface area contributed by atoms with Gasteiger partial charge in [0.1, 0.15) is 29.5 Å². The minimum absolute atomic E-state index is 0.0500. The number of amides is 4. The average molecular weight is 900 g/mol. The highest BCUT2D eigenvalue weighted by Crippen LogP contribution is 2.45. The first-order chi connectivity index (χ1) is 29.0. The summed E-state index contributed by atoms with van der Waals surface area (Å²) in [6, 6.07) is 3.14. The second-order valence-electron chi connectivity index (χ2n) is 17.1. The first-order valence-corrected chi connectivity index (χ1v) is 22.5. The van der Waals surface area contributed by atoms with Gasteiger partial charge in [-0.1, -0.05) is 56.7 Å². The van der Waals surface area contributed by atoms with Gasteiger partial charge in [0.15, 0.2) is 0 Å². The number of carbonyl (C=O) groups excluding carboxylic acids is 4. The summed E-state index contributed by atoms with van der Waals surface area (Å²) in [4.78, 5) is 57.0. The molecule has 4 amide bonds. The van der Waals surface area contributed by atoms with Gasteiger partial charge in [0.25, 0.3) is 0 Å². The summed E-state index contributed by atoms with van der Waals surface area (Å²) in [6.07, 6.45) is 4.42. The van der Waals surface area contributed by atoms with E-state index in [-0.39, 0.29) is 50.7 Å². The van der Waals surface area contributed by atoms with Crippen LogP contribution in [0.1, 0.15) is 101 Å². The lowest BCUT2D eigenvalue weighted by atomic mass is 9.92. The Hall–Kier alpha value is -4.93. The SMILES string of the molecule is C=CCN(C)C(=O)[C@H](NC(=O)[C@H](CC)NC(=O)[C@H](CCCNC(=N)N(c1c(C)c(C)c2c(c1C)CC(C)(C)O2)[SH](=O)=O)NC(=O)[C@@](C)(CC=C)NCC(C)C)c1ccc(Cl)cc1. The lowest BCUT2D eigenvalue weighted by Gasteiger charge is -2.32. The van der Waals surface area contributed by atoms with E-state index in [4.69, 9.17) is 21.7 Å². The summed E-state index contributed by atoms with van der Waals surface area (Å²) in [5.41, 5.74) is 2.33. The summed E-state index contributed by atoms with van der Waals surface area (Å²) in [5, 5.41) is 24.0. The molecule has 0 unspecified atom stereocenters. The van der Waals surface area contributed by atoms with E-state index in [0.29, 0.717) is 40.4 Å². The number of guanidine groups is 1. The van der Waals surface area contributed by atoms with Crippen LogP contribution in [0.5, 0.6) is 5.75 Å². The van der Waals surface area contributed by atoms with Crippen LogP contribution in [0.15, 0.2) is 49.6 Å². The standard InChI is InChI=1S/C45H67ClN8O7S/c1-13-22-45(11,49-26-27(4)5)42(58)51-35(40(56)50-34(15-3)39(55)52-36(41(57)53(12)24-14-2)31-18-20-32(46)21-19-31)17-16-23-48-43(47)54(62(59)60)37-28(6)29(7)38-33(30(37)8)25-44(9,10)61-38/h13-14,18-21,27,34-36,49,62H,1-2,15-17,22-26H2,3-12H3,(H2,47,48)(H,50,56)(H,51,58)(H,52,55)/t34-,35-,36+,45+/m0/s1. The fraction of sp³-hybridized carbons (Fsp3) is 0.533. The van der Waals surface area contributed by atoms with Crippen molar-refractivity contribution in [3.8, 4) is 5.75 Å². The quantitative estimate of drug-likeness (QED) is 0.0277. The normalized spacial score (nSPS) is 15.2. The lowest BCUT2D eigenvalue weighted by molar-refractivity contribution is -0.137. The summed E-state index contributed by atoms with van der Waals surface area (Å²) in [6.45, 7) is 25.2. The molecule has 0 radical (unpaired) electrons. The molecular formula is C45H67ClN8O7S. The zero-order valence-electron chi connectivity index (χ0n) is 37.9. The monoisotopic (exact) mass is 898 g/mol. The van der Waals surface area contributed by atoms with Crippen molar-refractivity contribution in [1.82, 2.24) is 31.5 Å². The Morgan fingerprint density at radius 1 is 0.984 bits per heavy atom. The van der Waals surface area contributed by atoms with Gasteiger partial charge in [0.2, 0.25) is 40.5 Å². The van der Waals surface area contributed by atoms with Crippen molar-refractivity contribution >= 4 is 57.8 Å². The number of hydrogen-bond acceptors (Lipinski definition) is 9. The maximum atomic E-state index is 14.2. The van der Waals surface area contributed by atoms with Gasteiger partial charge in [-0.25, -0.2) is 12.7 Å². The topological polar surface area (TPSA) is 202 Å². The molecule has 2 aromatic rings. The molecule has 0 spiro atoms. The van der Waals surface area contributed by atoms with Gasteiger partial charge < -0.3 is 36.2 Å². The van der Waals surface area contributed by atoms with Gasteiger partial charge >= 0.3 is 0 Å². The molecule has 17 heteroatoms. The second kappa shape index (κ2) is 22.4. The van der Waals surface area contributed by atoms with Crippen molar-refractivity contribution < 1.29 is 32.3 Å². The average Bonchev–Trinajstić information content (AvgIpc) is 3.55. The first-order valence-electron chi connectivity index (χ1n) is 21.0. The zero-order chi connectivity index (χ0) is 46.7. The minimum Gasteiger partial charge on any atom is -0.487 e. The van der Waals surface area contributed by atoms with Crippen LogP contribution in [0.3, 0.4) is 0 Å². The van der Waals surface area contributed by atoms with Crippen molar-refractivity contribution in [1.29, 1.82) is 5.41 Å². The van der Waals surface area contributed by atoms with Crippen molar-refractivity contribution in [2.45, 2.75) is 124 Å². The van der Waals surface area contributed by atoms with Gasteiger partial charge in [0, 0.05) is 37.1 Å². The van der Waals surface area contributed by atoms with E-state index < -0.39 is 63.8 Å². The number of rotatable bonds is 22. The van der Waals surface area contributed by atoms with E-state index >= 15 is 0 Å². The molecule has 1 heterocycles. The number of likely N-dealkylation sites (N-methyl/N-ethyl adjacent to an activating group) is 1. The van der Waals surface area contributed by atoms with Crippen LogP contribution in [0, 0.1) is 32.1 Å². The number of hydrogen-bond donors (Lipinski definition) is 7. The van der Waals surface area contributed by atoms with E-state index in [0.717, 1.165) is 21.2 Å². The third kappa shape index (κ3) is 13.1. The Bertz CT molecular complexity index is 2060. The van der Waals surface area contributed by atoms with E-state index in [1.54, 1.807) is 64.2 Å². The number of fused-ring (bicyclic) bond motifs is 1. The van der Waals surface area contributed by atoms with Gasteiger partial charge in [-0.3, -0.25) is 24.6 Å². The number of thiol groups is 1. The van der Waals surface area contributed by atoms with E-state index in [1.165, 1.54) is 4.90 Å². The number of nitrogens with one attached hydrogen (secondary N) is 6. The van der Waals surface area contributed by atoms with Crippen LogP contribution in [-0.2, 0) is 36.5 Å². The van der Waals surface area contributed by atoms with Crippen LogP contribution in [0.2, 0.25) is 5.02 Å². The molecule has 62 heavy (non-hydrogen) atoms. The van der Waals surface area contributed by atoms with Crippen LogP contribution >= 0.6 is 11.6 Å². The molecule has 4 atom stereocenters. The van der Waals surface area contributed by atoms with E-state index in [1.807, 2.05) is 41.5 Å². The number of nitrogens with zero attached hydrogens (tertiary/aromatic N) is 2. The molecule has 0 saturated carbocycles.